The standard InChI is InChI=1S/C10H21NO3/c1-4-8(2)9(11)10(12)14-7-5-6-13-3/h8-9H,4-7,11H2,1-3H3. The normalized spacial score (nSPS) is 14.9. The van der Waals surface area contributed by atoms with Crippen LogP contribution >= 0.6 is 0 Å². The van der Waals surface area contributed by atoms with Crippen molar-refractivity contribution in [1.82, 2.24) is 0 Å². The third kappa shape index (κ3) is 5.19. The Bertz CT molecular complexity index is 161. The molecule has 0 bridgehead atoms. The average Bonchev–Trinajstić information content (AvgIpc) is 2.21. The number of carbonyl (C=O) groups excluding carboxylic acids is 1. The highest BCUT2D eigenvalue weighted by Crippen LogP contribution is 2.06. The van der Waals surface area contributed by atoms with Crippen molar-refractivity contribution in [2.24, 2.45) is 11.7 Å². The molecule has 0 aromatic heterocycles. The summed E-state index contributed by atoms with van der Waals surface area (Å²) in [5.41, 5.74) is 5.68. The summed E-state index contributed by atoms with van der Waals surface area (Å²) in [6.07, 6.45) is 1.60. The predicted octanol–water partition coefficient (Wildman–Crippen LogP) is 0.940. The molecule has 0 saturated heterocycles. The van der Waals surface area contributed by atoms with Gasteiger partial charge in [-0.15, -0.1) is 0 Å². The Morgan fingerprint density at radius 3 is 2.57 bits per heavy atom. The van der Waals surface area contributed by atoms with Gasteiger partial charge in [0.1, 0.15) is 6.04 Å². The third-order valence-electron chi connectivity index (χ3n) is 2.27. The van der Waals surface area contributed by atoms with Gasteiger partial charge >= 0.3 is 5.97 Å². The molecule has 0 fully saturated rings. The number of ether oxygens (including phenoxy) is 2. The lowest BCUT2D eigenvalue weighted by atomic mass is 10.0. The summed E-state index contributed by atoms with van der Waals surface area (Å²) in [6, 6.07) is -0.498. The smallest absolute Gasteiger partial charge is 0.323 e. The molecule has 84 valence electrons. The van der Waals surface area contributed by atoms with Gasteiger partial charge in [-0.2, -0.15) is 0 Å². The largest absolute Gasteiger partial charge is 0.464 e. The van der Waals surface area contributed by atoms with E-state index in [1.165, 1.54) is 0 Å². The molecular formula is C10H21NO3. The molecule has 0 aromatic rings. The number of nitrogens with two attached hydrogens (primary N) is 1. The lowest BCUT2D eigenvalue weighted by molar-refractivity contribution is -0.146. The van der Waals surface area contributed by atoms with Crippen LogP contribution in [0.25, 0.3) is 0 Å². The van der Waals surface area contributed by atoms with E-state index in [1.807, 2.05) is 13.8 Å². The number of rotatable bonds is 7. The molecule has 0 radical (unpaired) electrons. The molecule has 4 nitrogen and oxygen atoms in total. The van der Waals surface area contributed by atoms with Gasteiger partial charge < -0.3 is 15.2 Å². The van der Waals surface area contributed by atoms with Crippen molar-refractivity contribution < 1.29 is 14.3 Å². The molecule has 14 heavy (non-hydrogen) atoms. The first-order chi connectivity index (χ1) is 6.63. The fourth-order valence-electron chi connectivity index (χ4n) is 0.958. The Balaban J connectivity index is 3.62. The van der Waals surface area contributed by atoms with Crippen LogP contribution in [0.3, 0.4) is 0 Å². The highest BCUT2D eigenvalue weighted by molar-refractivity contribution is 5.75. The van der Waals surface area contributed by atoms with Crippen molar-refractivity contribution in [3.05, 3.63) is 0 Å². The zero-order chi connectivity index (χ0) is 11.0. The lowest BCUT2D eigenvalue weighted by Gasteiger charge is -2.16. The van der Waals surface area contributed by atoms with Gasteiger partial charge in [0.15, 0.2) is 0 Å². The van der Waals surface area contributed by atoms with E-state index in [1.54, 1.807) is 7.11 Å². The molecule has 0 aliphatic heterocycles. The van der Waals surface area contributed by atoms with Crippen molar-refractivity contribution in [3.63, 3.8) is 0 Å². The van der Waals surface area contributed by atoms with Crippen molar-refractivity contribution in [2.45, 2.75) is 32.7 Å². The van der Waals surface area contributed by atoms with E-state index in [0.717, 1.165) is 12.8 Å². The zero-order valence-electron chi connectivity index (χ0n) is 9.29. The number of hydrogen-bond donors (Lipinski definition) is 1. The second kappa shape index (κ2) is 7.76. The molecule has 0 aliphatic rings. The maximum atomic E-state index is 11.3. The molecule has 0 rings (SSSR count). The van der Waals surface area contributed by atoms with Gasteiger partial charge in [-0.05, 0) is 5.92 Å². The van der Waals surface area contributed by atoms with Crippen LogP contribution in [-0.4, -0.2) is 32.3 Å². The van der Waals surface area contributed by atoms with E-state index < -0.39 is 6.04 Å². The van der Waals surface area contributed by atoms with E-state index in [2.05, 4.69) is 0 Å². The van der Waals surface area contributed by atoms with Gasteiger partial charge in [0.2, 0.25) is 0 Å². The van der Waals surface area contributed by atoms with Crippen LogP contribution in [0.1, 0.15) is 26.7 Å². The minimum atomic E-state index is -0.498. The number of methoxy groups -OCH3 is 1. The highest BCUT2D eigenvalue weighted by Gasteiger charge is 2.20. The lowest BCUT2D eigenvalue weighted by Crippen LogP contribution is -2.38. The summed E-state index contributed by atoms with van der Waals surface area (Å²) < 4.78 is 9.82. The Hall–Kier alpha value is -0.610. The maximum absolute atomic E-state index is 11.3. The van der Waals surface area contributed by atoms with Crippen molar-refractivity contribution in [2.75, 3.05) is 20.3 Å². The first-order valence-electron chi connectivity index (χ1n) is 5.04. The molecule has 0 aromatic carbocycles. The molecule has 0 amide bonds. The minimum absolute atomic E-state index is 0.171. The van der Waals surface area contributed by atoms with Crippen LogP contribution in [-0.2, 0) is 14.3 Å². The monoisotopic (exact) mass is 203 g/mol. The van der Waals surface area contributed by atoms with Crippen LogP contribution in [0.5, 0.6) is 0 Å². The van der Waals surface area contributed by atoms with E-state index >= 15 is 0 Å². The van der Waals surface area contributed by atoms with E-state index in [0.29, 0.717) is 13.2 Å². The quantitative estimate of drug-likeness (QED) is 0.494. The first-order valence-corrected chi connectivity index (χ1v) is 5.04. The summed E-state index contributed by atoms with van der Waals surface area (Å²) in [5.74, 6) is -0.139. The molecule has 2 unspecified atom stereocenters. The van der Waals surface area contributed by atoms with Gasteiger partial charge in [0.25, 0.3) is 0 Å². The van der Waals surface area contributed by atoms with E-state index in [4.69, 9.17) is 15.2 Å². The van der Waals surface area contributed by atoms with Crippen LogP contribution < -0.4 is 5.73 Å². The summed E-state index contributed by atoms with van der Waals surface area (Å²) in [6.45, 7) is 4.94. The topological polar surface area (TPSA) is 61.6 Å². The first kappa shape index (κ1) is 13.4. The Morgan fingerprint density at radius 2 is 2.07 bits per heavy atom. The summed E-state index contributed by atoms with van der Waals surface area (Å²) >= 11 is 0. The molecule has 4 heteroatoms. The Labute approximate surface area is 85.8 Å². The Morgan fingerprint density at radius 1 is 1.43 bits per heavy atom. The second-order valence-corrected chi connectivity index (χ2v) is 3.43. The number of hydrogen-bond acceptors (Lipinski definition) is 4. The van der Waals surface area contributed by atoms with Gasteiger partial charge in [-0.1, -0.05) is 20.3 Å². The van der Waals surface area contributed by atoms with Gasteiger partial charge in [-0.3, -0.25) is 4.79 Å². The molecule has 2 N–H and O–H groups in total. The summed E-state index contributed by atoms with van der Waals surface area (Å²) in [4.78, 5) is 11.3. The summed E-state index contributed by atoms with van der Waals surface area (Å²) in [5, 5.41) is 0. The van der Waals surface area contributed by atoms with Crippen LogP contribution in [0.4, 0.5) is 0 Å². The molecule has 0 aliphatic carbocycles. The SMILES string of the molecule is CCC(C)C(N)C(=O)OCCCOC. The summed E-state index contributed by atoms with van der Waals surface area (Å²) in [7, 11) is 1.62. The zero-order valence-corrected chi connectivity index (χ0v) is 9.29. The Kier molecular flexibility index (Phi) is 7.42. The number of esters is 1. The van der Waals surface area contributed by atoms with Crippen molar-refractivity contribution in [1.29, 1.82) is 0 Å². The molecule has 0 spiro atoms. The molecule has 0 heterocycles. The van der Waals surface area contributed by atoms with Crippen LogP contribution in [0.2, 0.25) is 0 Å². The van der Waals surface area contributed by atoms with Crippen molar-refractivity contribution >= 4 is 5.97 Å². The fraction of sp³-hybridized carbons (Fsp3) is 0.900. The third-order valence-corrected chi connectivity index (χ3v) is 2.27. The van der Waals surface area contributed by atoms with E-state index in [9.17, 15) is 4.79 Å². The number of carbonyl (C=O) groups is 1. The van der Waals surface area contributed by atoms with Crippen LogP contribution in [0.15, 0.2) is 0 Å². The molecule has 0 saturated carbocycles. The average molecular weight is 203 g/mol. The van der Waals surface area contributed by atoms with Gasteiger partial charge in [-0.25, -0.2) is 0 Å². The predicted molar refractivity (Wildman–Crippen MR) is 54.9 cm³/mol. The second-order valence-electron chi connectivity index (χ2n) is 3.43. The minimum Gasteiger partial charge on any atom is -0.464 e. The van der Waals surface area contributed by atoms with Crippen molar-refractivity contribution in [3.8, 4) is 0 Å². The van der Waals surface area contributed by atoms with E-state index in [-0.39, 0.29) is 11.9 Å². The van der Waals surface area contributed by atoms with Crippen LogP contribution in [0, 0.1) is 5.92 Å². The maximum Gasteiger partial charge on any atom is 0.323 e. The van der Waals surface area contributed by atoms with Gasteiger partial charge in [0.05, 0.1) is 6.61 Å². The molecule has 2 atom stereocenters. The fourth-order valence-corrected chi connectivity index (χ4v) is 0.958. The van der Waals surface area contributed by atoms with Gasteiger partial charge in [0, 0.05) is 20.1 Å². The molecular weight excluding hydrogens is 182 g/mol. The highest BCUT2D eigenvalue weighted by atomic mass is 16.5.